The lowest BCUT2D eigenvalue weighted by Gasteiger charge is -2.13. The topological polar surface area (TPSA) is 101 Å². The summed E-state index contributed by atoms with van der Waals surface area (Å²) in [5.74, 6) is -1.82. The summed E-state index contributed by atoms with van der Waals surface area (Å²) in [5.41, 5.74) is -0.660. The maximum absolute atomic E-state index is 12.1. The van der Waals surface area contributed by atoms with Gasteiger partial charge in [-0.1, -0.05) is 19.8 Å². The Morgan fingerprint density at radius 1 is 1.52 bits per heavy atom. The number of rotatable bonds is 6. The number of amides is 1. The third-order valence-electron chi connectivity index (χ3n) is 3.04. The predicted molar refractivity (Wildman–Crippen MR) is 77.8 cm³/mol. The van der Waals surface area contributed by atoms with Crippen LogP contribution in [0.5, 0.6) is 0 Å². The molecule has 1 atom stereocenters. The molecule has 0 saturated heterocycles. The molecule has 0 aliphatic carbocycles. The fourth-order valence-electron chi connectivity index (χ4n) is 1.88. The molecule has 0 radical (unpaired) electrons. The maximum Gasteiger partial charge on any atom is 0.326 e. The van der Waals surface area contributed by atoms with Crippen molar-refractivity contribution in [2.45, 2.75) is 32.2 Å². The molecule has 1 amide bonds. The third kappa shape index (κ3) is 3.27. The molecule has 112 valence electrons. The quantitative estimate of drug-likeness (QED) is 0.833. The Hall–Kier alpha value is -2.22. The number of thiazole rings is 1. The van der Waals surface area contributed by atoms with Crippen LogP contribution in [0.4, 0.5) is 0 Å². The van der Waals surface area contributed by atoms with Crippen molar-refractivity contribution in [3.8, 4) is 0 Å². The van der Waals surface area contributed by atoms with E-state index in [1.54, 1.807) is 5.38 Å². The van der Waals surface area contributed by atoms with Crippen LogP contribution in [-0.4, -0.2) is 32.4 Å². The van der Waals surface area contributed by atoms with Crippen LogP contribution in [0, 0.1) is 0 Å². The Morgan fingerprint density at radius 3 is 2.95 bits per heavy atom. The maximum atomic E-state index is 12.1. The summed E-state index contributed by atoms with van der Waals surface area (Å²) < 4.78 is 1.27. The average molecular weight is 309 g/mol. The Labute approximate surface area is 124 Å². The molecule has 0 saturated carbocycles. The summed E-state index contributed by atoms with van der Waals surface area (Å²) in [6.45, 7) is 1.93. The summed E-state index contributed by atoms with van der Waals surface area (Å²) in [6, 6.07) is -1.000. The molecule has 2 rings (SSSR count). The first kappa shape index (κ1) is 15.2. The molecule has 0 unspecified atom stereocenters. The number of nitrogens with zero attached hydrogens (tertiary/aromatic N) is 2. The molecular weight excluding hydrogens is 294 g/mol. The van der Waals surface area contributed by atoms with Crippen LogP contribution in [0.2, 0.25) is 0 Å². The van der Waals surface area contributed by atoms with Gasteiger partial charge in [0.2, 0.25) is 0 Å². The van der Waals surface area contributed by atoms with Crippen molar-refractivity contribution in [3.63, 3.8) is 0 Å². The molecule has 0 aromatic carbocycles. The van der Waals surface area contributed by atoms with Gasteiger partial charge >= 0.3 is 5.97 Å². The van der Waals surface area contributed by atoms with Gasteiger partial charge in [0.25, 0.3) is 11.5 Å². The number of carboxylic acids is 1. The molecule has 0 aliphatic rings. The summed E-state index contributed by atoms with van der Waals surface area (Å²) in [4.78, 5) is 39.8. The summed E-state index contributed by atoms with van der Waals surface area (Å²) in [6.07, 6.45) is 4.54. The van der Waals surface area contributed by atoms with E-state index in [-0.39, 0.29) is 5.56 Å². The molecule has 8 heteroatoms. The van der Waals surface area contributed by atoms with Gasteiger partial charge in [-0.25, -0.2) is 9.78 Å². The highest BCUT2D eigenvalue weighted by atomic mass is 32.1. The minimum atomic E-state index is -1.11. The Balaban J connectivity index is 2.23. The van der Waals surface area contributed by atoms with Crippen LogP contribution in [0.1, 0.15) is 36.5 Å². The number of aliphatic carboxylic acids is 1. The van der Waals surface area contributed by atoms with Crippen molar-refractivity contribution in [1.82, 2.24) is 14.7 Å². The van der Waals surface area contributed by atoms with Crippen LogP contribution in [-0.2, 0) is 4.79 Å². The predicted octanol–water partition coefficient (Wildman–Crippen LogP) is 1.13. The lowest BCUT2D eigenvalue weighted by molar-refractivity contribution is -0.139. The van der Waals surface area contributed by atoms with Crippen molar-refractivity contribution in [2.24, 2.45) is 0 Å². The molecule has 2 heterocycles. The molecule has 2 aromatic heterocycles. The van der Waals surface area contributed by atoms with Crippen LogP contribution < -0.4 is 10.9 Å². The van der Waals surface area contributed by atoms with E-state index in [2.05, 4.69) is 10.3 Å². The fourth-order valence-corrected chi connectivity index (χ4v) is 2.56. The van der Waals surface area contributed by atoms with Crippen LogP contribution in [0.15, 0.2) is 22.6 Å². The summed E-state index contributed by atoms with van der Waals surface area (Å²) >= 11 is 1.28. The van der Waals surface area contributed by atoms with E-state index in [1.165, 1.54) is 28.1 Å². The van der Waals surface area contributed by atoms with Gasteiger partial charge in [0, 0.05) is 17.8 Å². The second kappa shape index (κ2) is 6.49. The number of carboxylic acid groups (broad SMARTS) is 1. The molecule has 2 N–H and O–H groups in total. The van der Waals surface area contributed by atoms with E-state index in [1.807, 2.05) is 6.92 Å². The fraction of sp³-hybridized carbons (Fsp3) is 0.385. The third-order valence-corrected chi connectivity index (χ3v) is 3.81. The number of nitrogens with one attached hydrogen (secondary N) is 1. The minimum absolute atomic E-state index is 0.159. The van der Waals surface area contributed by atoms with E-state index >= 15 is 0 Å². The molecule has 2 aromatic rings. The van der Waals surface area contributed by atoms with Gasteiger partial charge in [0.15, 0.2) is 4.96 Å². The van der Waals surface area contributed by atoms with Crippen molar-refractivity contribution in [1.29, 1.82) is 0 Å². The number of hydrogen-bond donors (Lipinski definition) is 2. The van der Waals surface area contributed by atoms with Crippen molar-refractivity contribution < 1.29 is 14.7 Å². The zero-order valence-corrected chi connectivity index (χ0v) is 12.2. The first-order valence-electron chi connectivity index (χ1n) is 6.53. The monoisotopic (exact) mass is 309 g/mol. The molecular formula is C13H15N3O4S. The molecule has 0 bridgehead atoms. The Kier molecular flexibility index (Phi) is 4.69. The highest BCUT2D eigenvalue weighted by Gasteiger charge is 2.22. The van der Waals surface area contributed by atoms with Gasteiger partial charge in [-0.2, -0.15) is 0 Å². The van der Waals surface area contributed by atoms with Gasteiger partial charge in [0.05, 0.1) is 0 Å². The standard InChI is InChI=1S/C13H15N3O4S/c1-2-3-4-9(12(19)20)15-10(17)8-7-14-13-16(11(8)18)5-6-21-13/h5-7,9H,2-4H2,1H3,(H,15,17)(H,19,20)/t9-/m0/s1. The first-order valence-corrected chi connectivity index (χ1v) is 7.41. The highest BCUT2D eigenvalue weighted by Crippen LogP contribution is 2.06. The van der Waals surface area contributed by atoms with Crippen LogP contribution >= 0.6 is 11.3 Å². The molecule has 21 heavy (non-hydrogen) atoms. The summed E-state index contributed by atoms with van der Waals surface area (Å²) in [5, 5.41) is 13.2. The highest BCUT2D eigenvalue weighted by molar-refractivity contribution is 7.15. The van der Waals surface area contributed by atoms with Crippen molar-refractivity contribution in [2.75, 3.05) is 0 Å². The van der Waals surface area contributed by atoms with Gasteiger partial charge in [-0.3, -0.25) is 14.0 Å². The van der Waals surface area contributed by atoms with Crippen molar-refractivity contribution >= 4 is 28.2 Å². The van der Waals surface area contributed by atoms with Gasteiger partial charge < -0.3 is 10.4 Å². The van der Waals surface area contributed by atoms with Crippen LogP contribution in [0.25, 0.3) is 4.96 Å². The Bertz CT molecular complexity index is 722. The minimum Gasteiger partial charge on any atom is -0.480 e. The smallest absolute Gasteiger partial charge is 0.326 e. The second-order valence-electron chi connectivity index (χ2n) is 4.54. The number of hydrogen-bond acceptors (Lipinski definition) is 5. The number of carbonyl (C=O) groups excluding carboxylic acids is 1. The van der Waals surface area contributed by atoms with E-state index in [9.17, 15) is 14.4 Å². The molecule has 7 nitrogen and oxygen atoms in total. The van der Waals surface area contributed by atoms with Crippen molar-refractivity contribution in [3.05, 3.63) is 33.7 Å². The normalized spacial score (nSPS) is 12.2. The SMILES string of the molecule is CCCC[C@H](NC(=O)c1cnc2sccn2c1=O)C(=O)O. The van der Waals surface area contributed by atoms with E-state index < -0.39 is 23.5 Å². The first-order chi connectivity index (χ1) is 10.0. The number of aromatic nitrogens is 2. The summed E-state index contributed by atoms with van der Waals surface area (Å²) in [7, 11) is 0. The largest absolute Gasteiger partial charge is 0.480 e. The Morgan fingerprint density at radius 2 is 2.29 bits per heavy atom. The van der Waals surface area contributed by atoms with E-state index in [0.29, 0.717) is 17.8 Å². The molecule has 0 fully saturated rings. The number of fused-ring (bicyclic) bond motifs is 1. The van der Waals surface area contributed by atoms with Crippen LogP contribution in [0.3, 0.4) is 0 Å². The number of unbranched alkanes of at least 4 members (excludes halogenated alkanes) is 1. The molecule has 0 spiro atoms. The zero-order valence-electron chi connectivity index (χ0n) is 11.4. The number of carbonyl (C=O) groups is 2. The van der Waals surface area contributed by atoms with Gasteiger partial charge in [-0.05, 0) is 6.42 Å². The second-order valence-corrected chi connectivity index (χ2v) is 5.41. The van der Waals surface area contributed by atoms with E-state index in [4.69, 9.17) is 5.11 Å². The zero-order chi connectivity index (χ0) is 15.4. The van der Waals surface area contributed by atoms with Gasteiger partial charge in [-0.15, -0.1) is 11.3 Å². The van der Waals surface area contributed by atoms with Gasteiger partial charge in [0.1, 0.15) is 11.6 Å². The van der Waals surface area contributed by atoms with E-state index in [0.717, 1.165) is 6.42 Å². The lowest BCUT2D eigenvalue weighted by atomic mass is 10.1. The molecule has 0 aliphatic heterocycles. The average Bonchev–Trinajstić information content (AvgIpc) is 2.92. The lowest BCUT2D eigenvalue weighted by Crippen LogP contribution is -2.42.